The van der Waals surface area contributed by atoms with Gasteiger partial charge in [0.05, 0.1) is 6.54 Å². The molecule has 0 aliphatic rings. The zero-order valence-electron chi connectivity index (χ0n) is 10.8. The molecule has 2 rings (SSSR count). The molecule has 0 aromatic heterocycles. The molecule has 19 heavy (non-hydrogen) atoms. The Kier molecular flexibility index (Phi) is 4.72. The van der Waals surface area contributed by atoms with Crippen LogP contribution in [-0.4, -0.2) is 12.3 Å². The van der Waals surface area contributed by atoms with E-state index in [1.807, 2.05) is 37.3 Å². The highest BCUT2D eigenvalue weighted by Gasteiger charge is 2.09. The standard InChI is InChI=1S/C16H16ClNO/c1-12(13-5-3-2-4-6-13)18-11-16(19)14-7-9-15(17)10-8-14/h2-10,12,18H,11H2,1H3/t12-/m0/s1. The van der Waals surface area contributed by atoms with Gasteiger partial charge in [0.25, 0.3) is 0 Å². The Morgan fingerprint density at radius 1 is 1.11 bits per heavy atom. The summed E-state index contributed by atoms with van der Waals surface area (Å²) in [5.74, 6) is 0.0689. The van der Waals surface area contributed by atoms with Crippen LogP contribution in [0.15, 0.2) is 54.6 Å². The van der Waals surface area contributed by atoms with E-state index in [9.17, 15) is 4.79 Å². The molecule has 1 N–H and O–H groups in total. The molecule has 2 nitrogen and oxygen atoms in total. The third-order valence-electron chi connectivity index (χ3n) is 3.03. The Bertz CT molecular complexity index is 536. The molecule has 0 amide bonds. The molecule has 0 aliphatic heterocycles. The number of hydrogen-bond acceptors (Lipinski definition) is 2. The number of carbonyl (C=O) groups excluding carboxylic acids is 1. The maximum Gasteiger partial charge on any atom is 0.176 e. The van der Waals surface area contributed by atoms with E-state index in [2.05, 4.69) is 5.32 Å². The van der Waals surface area contributed by atoms with Crippen molar-refractivity contribution in [3.63, 3.8) is 0 Å². The predicted octanol–water partition coefficient (Wildman–Crippen LogP) is 3.87. The summed E-state index contributed by atoms with van der Waals surface area (Å²) in [7, 11) is 0. The topological polar surface area (TPSA) is 29.1 Å². The average Bonchev–Trinajstić information content (AvgIpc) is 2.46. The number of ketones is 1. The van der Waals surface area contributed by atoms with Gasteiger partial charge >= 0.3 is 0 Å². The molecule has 2 aromatic rings. The fourth-order valence-electron chi connectivity index (χ4n) is 1.84. The normalized spacial score (nSPS) is 12.1. The van der Waals surface area contributed by atoms with E-state index in [0.29, 0.717) is 17.1 Å². The maximum atomic E-state index is 12.0. The van der Waals surface area contributed by atoms with Crippen molar-refractivity contribution >= 4 is 17.4 Å². The molecule has 0 saturated carbocycles. The number of halogens is 1. The molecule has 98 valence electrons. The van der Waals surface area contributed by atoms with Gasteiger partial charge in [-0.2, -0.15) is 0 Å². The highest BCUT2D eigenvalue weighted by molar-refractivity contribution is 6.30. The zero-order chi connectivity index (χ0) is 13.7. The van der Waals surface area contributed by atoms with Gasteiger partial charge < -0.3 is 5.32 Å². The first kappa shape index (κ1) is 13.8. The smallest absolute Gasteiger partial charge is 0.176 e. The minimum atomic E-state index is 0.0689. The lowest BCUT2D eigenvalue weighted by Gasteiger charge is -2.13. The van der Waals surface area contributed by atoms with Crippen molar-refractivity contribution in [3.8, 4) is 0 Å². The molecule has 0 spiro atoms. The Labute approximate surface area is 118 Å². The fraction of sp³-hybridized carbons (Fsp3) is 0.188. The summed E-state index contributed by atoms with van der Waals surface area (Å²) in [6.45, 7) is 2.36. The highest BCUT2D eigenvalue weighted by Crippen LogP contribution is 2.12. The third kappa shape index (κ3) is 3.91. The molecular weight excluding hydrogens is 258 g/mol. The summed E-state index contributed by atoms with van der Waals surface area (Å²) in [6.07, 6.45) is 0. The van der Waals surface area contributed by atoms with Gasteiger partial charge in [0, 0.05) is 16.6 Å². The molecule has 0 fully saturated rings. The van der Waals surface area contributed by atoms with Crippen LogP contribution in [0.2, 0.25) is 5.02 Å². The van der Waals surface area contributed by atoms with Crippen LogP contribution in [-0.2, 0) is 0 Å². The van der Waals surface area contributed by atoms with Crippen LogP contribution in [0.3, 0.4) is 0 Å². The van der Waals surface area contributed by atoms with E-state index in [1.54, 1.807) is 24.3 Å². The van der Waals surface area contributed by atoms with Crippen LogP contribution in [0, 0.1) is 0 Å². The molecule has 1 atom stereocenters. The van der Waals surface area contributed by atoms with Gasteiger partial charge in [-0.1, -0.05) is 41.9 Å². The van der Waals surface area contributed by atoms with E-state index < -0.39 is 0 Å². The largest absolute Gasteiger partial charge is 0.303 e. The SMILES string of the molecule is C[C@H](NCC(=O)c1ccc(Cl)cc1)c1ccccc1. The quantitative estimate of drug-likeness (QED) is 0.838. The van der Waals surface area contributed by atoms with Crippen molar-refractivity contribution in [2.45, 2.75) is 13.0 Å². The van der Waals surface area contributed by atoms with Gasteiger partial charge in [0.1, 0.15) is 0 Å². The number of rotatable bonds is 5. The molecule has 0 aliphatic carbocycles. The van der Waals surface area contributed by atoms with Gasteiger partial charge in [-0.3, -0.25) is 4.79 Å². The van der Waals surface area contributed by atoms with Crippen LogP contribution < -0.4 is 5.32 Å². The highest BCUT2D eigenvalue weighted by atomic mass is 35.5. The Hall–Kier alpha value is -1.64. The van der Waals surface area contributed by atoms with E-state index in [-0.39, 0.29) is 11.8 Å². The summed E-state index contributed by atoms with van der Waals surface area (Å²) in [4.78, 5) is 12.0. The third-order valence-corrected chi connectivity index (χ3v) is 3.29. The molecule has 0 unspecified atom stereocenters. The zero-order valence-corrected chi connectivity index (χ0v) is 11.5. The van der Waals surface area contributed by atoms with Gasteiger partial charge in [0.2, 0.25) is 0 Å². The van der Waals surface area contributed by atoms with Gasteiger partial charge in [-0.25, -0.2) is 0 Å². The molecule has 3 heteroatoms. The minimum absolute atomic E-state index is 0.0689. The number of benzene rings is 2. The van der Waals surface area contributed by atoms with Crippen molar-refractivity contribution in [1.29, 1.82) is 0 Å². The molecule has 0 radical (unpaired) electrons. The van der Waals surface area contributed by atoms with Crippen molar-refractivity contribution in [2.75, 3.05) is 6.54 Å². The lowest BCUT2D eigenvalue weighted by Crippen LogP contribution is -2.25. The van der Waals surface area contributed by atoms with Gasteiger partial charge in [0.15, 0.2) is 5.78 Å². The van der Waals surface area contributed by atoms with Gasteiger partial charge in [-0.05, 0) is 36.8 Å². The van der Waals surface area contributed by atoms with Crippen molar-refractivity contribution in [3.05, 3.63) is 70.7 Å². The summed E-state index contributed by atoms with van der Waals surface area (Å²) >= 11 is 5.80. The Morgan fingerprint density at radius 2 is 1.74 bits per heavy atom. The van der Waals surface area contributed by atoms with Crippen molar-refractivity contribution in [2.24, 2.45) is 0 Å². The molecule has 0 heterocycles. The Morgan fingerprint density at radius 3 is 2.37 bits per heavy atom. The van der Waals surface area contributed by atoms with E-state index in [1.165, 1.54) is 5.56 Å². The lowest BCUT2D eigenvalue weighted by molar-refractivity contribution is 0.0988. The maximum absolute atomic E-state index is 12.0. The predicted molar refractivity (Wildman–Crippen MR) is 78.6 cm³/mol. The van der Waals surface area contributed by atoms with Crippen molar-refractivity contribution < 1.29 is 4.79 Å². The summed E-state index contributed by atoms with van der Waals surface area (Å²) < 4.78 is 0. The second-order valence-corrected chi connectivity index (χ2v) is 4.88. The summed E-state index contributed by atoms with van der Waals surface area (Å²) in [5, 5.41) is 3.87. The number of nitrogens with one attached hydrogen (secondary N) is 1. The van der Waals surface area contributed by atoms with Crippen LogP contribution in [0.1, 0.15) is 28.9 Å². The first-order valence-corrected chi connectivity index (χ1v) is 6.61. The molecule has 0 saturated heterocycles. The first-order valence-electron chi connectivity index (χ1n) is 6.24. The minimum Gasteiger partial charge on any atom is -0.303 e. The van der Waals surface area contributed by atoms with E-state index in [4.69, 9.17) is 11.6 Å². The fourth-order valence-corrected chi connectivity index (χ4v) is 1.97. The lowest BCUT2D eigenvalue weighted by atomic mass is 10.1. The van der Waals surface area contributed by atoms with E-state index >= 15 is 0 Å². The van der Waals surface area contributed by atoms with Crippen LogP contribution >= 0.6 is 11.6 Å². The number of Topliss-reactive ketones (excluding diaryl/α,β-unsaturated/α-hetero) is 1. The number of carbonyl (C=O) groups is 1. The van der Waals surface area contributed by atoms with Crippen molar-refractivity contribution in [1.82, 2.24) is 5.32 Å². The molecule has 2 aromatic carbocycles. The summed E-state index contributed by atoms with van der Waals surface area (Å²) in [5.41, 5.74) is 1.85. The van der Waals surface area contributed by atoms with Crippen LogP contribution in [0.5, 0.6) is 0 Å². The second-order valence-electron chi connectivity index (χ2n) is 4.44. The van der Waals surface area contributed by atoms with Gasteiger partial charge in [-0.15, -0.1) is 0 Å². The Balaban J connectivity index is 1.92. The van der Waals surface area contributed by atoms with Crippen LogP contribution in [0.4, 0.5) is 0 Å². The monoisotopic (exact) mass is 273 g/mol. The average molecular weight is 274 g/mol. The number of hydrogen-bond donors (Lipinski definition) is 1. The van der Waals surface area contributed by atoms with Crippen LogP contribution in [0.25, 0.3) is 0 Å². The van der Waals surface area contributed by atoms with E-state index in [0.717, 1.165) is 0 Å². The first-order chi connectivity index (χ1) is 9.16. The molecule has 0 bridgehead atoms. The molecular formula is C16H16ClNO. The summed E-state index contributed by atoms with van der Waals surface area (Å²) in [6, 6.07) is 17.2. The second kappa shape index (κ2) is 6.50.